The molecule has 0 aromatic heterocycles. The molecule has 0 aliphatic heterocycles. The topological polar surface area (TPSA) is 107 Å². The van der Waals surface area contributed by atoms with Gasteiger partial charge in [-0.2, -0.15) is 8.42 Å². The molecule has 0 atom stereocenters. The van der Waals surface area contributed by atoms with Crippen molar-refractivity contribution in [3.8, 4) is 0 Å². The molecule has 1 aromatic carbocycles. The monoisotopic (exact) mass is 489 g/mol. The number of benzene rings is 1. The number of nitrogens with zero attached hydrogens (tertiary/aromatic N) is 1. The Morgan fingerprint density at radius 3 is 1.55 bits per heavy atom. The number of hydrogen-bond acceptors (Lipinski definition) is 7. The van der Waals surface area contributed by atoms with Gasteiger partial charge in [0.1, 0.15) is 0 Å². The Morgan fingerprint density at radius 1 is 0.697 bits per heavy atom. The third-order valence-corrected chi connectivity index (χ3v) is 6.59. The van der Waals surface area contributed by atoms with Gasteiger partial charge in [0.15, 0.2) is 0 Å². The Labute approximate surface area is 201 Å². The summed E-state index contributed by atoms with van der Waals surface area (Å²) < 4.78 is 28.9. The minimum Gasteiger partial charge on any atom is -0.395 e. The molecule has 0 bridgehead atoms. The molecule has 0 radical (unpaired) electrons. The Morgan fingerprint density at radius 2 is 1.12 bits per heavy atom. The van der Waals surface area contributed by atoms with Crippen LogP contribution in [0.5, 0.6) is 0 Å². The van der Waals surface area contributed by atoms with Crippen molar-refractivity contribution >= 4 is 10.1 Å². The van der Waals surface area contributed by atoms with Gasteiger partial charge in [0, 0.05) is 19.6 Å². The summed E-state index contributed by atoms with van der Waals surface area (Å²) in [4.78, 5) is 2.03. The first-order chi connectivity index (χ1) is 16.0. The standard InChI is InChI=1S/C19H32O3S.C6H15NO3/c1-2-3-4-5-6-7-8-9-10-11-15-18-22-23(20,21)19-16-13-12-14-17-19;8-4-1-7(2-5-9)3-6-10/h12-14,16-17H,2-11,15,18H2,1H3;8-10H,1-6H2. The number of aliphatic hydroxyl groups is 3. The van der Waals surface area contributed by atoms with E-state index in [0.29, 0.717) is 19.6 Å². The maximum atomic E-state index is 11.9. The first kappa shape index (κ1) is 32.0. The van der Waals surface area contributed by atoms with Gasteiger partial charge in [0.25, 0.3) is 10.1 Å². The fraction of sp³-hybridized carbons (Fsp3) is 0.760. The van der Waals surface area contributed by atoms with Gasteiger partial charge in [0.2, 0.25) is 0 Å². The molecule has 0 aliphatic rings. The molecule has 0 aliphatic carbocycles. The second-order valence-electron chi connectivity index (χ2n) is 8.14. The number of rotatable bonds is 20. The third kappa shape index (κ3) is 19.0. The zero-order valence-corrected chi connectivity index (χ0v) is 21.4. The first-order valence-corrected chi connectivity index (χ1v) is 13.9. The van der Waals surface area contributed by atoms with Crippen LogP contribution in [0.15, 0.2) is 35.2 Å². The average molecular weight is 490 g/mol. The predicted molar refractivity (Wildman–Crippen MR) is 134 cm³/mol. The lowest BCUT2D eigenvalue weighted by Crippen LogP contribution is -2.32. The van der Waals surface area contributed by atoms with Crippen molar-refractivity contribution in [3.05, 3.63) is 30.3 Å². The van der Waals surface area contributed by atoms with Gasteiger partial charge >= 0.3 is 0 Å². The highest BCUT2D eigenvalue weighted by atomic mass is 32.2. The van der Waals surface area contributed by atoms with Gasteiger partial charge in [-0.05, 0) is 18.6 Å². The van der Waals surface area contributed by atoms with Gasteiger partial charge in [-0.25, -0.2) is 0 Å². The van der Waals surface area contributed by atoms with E-state index in [0.717, 1.165) is 12.8 Å². The Hall–Kier alpha value is -1.03. The highest BCUT2D eigenvalue weighted by Gasteiger charge is 2.13. The number of hydrogen-bond donors (Lipinski definition) is 3. The van der Waals surface area contributed by atoms with E-state index in [1.807, 2.05) is 0 Å². The summed E-state index contributed by atoms with van der Waals surface area (Å²) >= 11 is 0. The van der Waals surface area contributed by atoms with Gasteiger partial charge in [-0.15, -0.1) is 0 Å². The lowest BCUT2D eigenvalue weighted by atomic mass is 10.1. The molecule has 1 aromatic rings. The highest BCUT2D eigenvalue weighted by molar-refractivity contribution is 7.86. The van der Waals surface area contributed by atoms with Crippen LogP contribution in [0.25, 0.3) is 0 Å². The molecule has 0 unspecified atom stereocenters. The van der Waals surface area contributed by atoms with Gasteiger partial charge < -0.3 is 15.3 Å². The maximum Gasteiger partial charge on any atom is 0.296 e. The minimum absolute atomic E-state index is 0.0694. The van der Waals surface area contributed by atoms with Crippen LogP contribution in [0.2, 0.25) is 0 Å². The number of aliphatic hydroxyl groups excluding tert-OH is 3. The largest absolute Gasteiger partial charge is 0.395 e. The summed E-state index contributed by atoms with van der Waals surface area (Å²) in [5.41, 5.74) is 0. The summed E-state index contributed by atoms with van der Waals surface area (Å²) in [7, 11) is -3.57. The summed E-state index contributed by atoms with van der Waals surface area (Å²) in [6, 6.07) is 8.34. The van der Waals surface area contributed by atoms with Crippen LogP contribution < -0.4 is 0 Å². The van der Waals surface area contributed by atoms with Crippen molar-refractivity contribution in [3.63, 3.8) is 0 Å². The quantitative estimate of drug-likeness (QED) is 0.188. The van der Waals surface area contributed by atoms with Crippen LogP contribution in [0, 0.1) is 0 Å². The molecule has 1 rings (SSSR count). The van der Waals surface area contributed by atoms with Crippen LogP contribution in [-0.4, -0.2) is 74.7 Å². The Kier molecular flexibility index (Phi) is 22.0. The SMILES string of the molecule is CCCCCCCCCCCCCOS(=O)(=O)c1ccccc1.OCCN(CCO)CCO. The van der Waals surface area contributed by atoms with Crippen molar-refractivity contribution in [2.45, 2.75) is 82.4 Å². The highest BCUT2D eigenvalue weighted by Crippen LogP contribution is 2.14. The summed E-state index contributed by atoms with van der Waals surface area (Å²) in [6.45, 7) is 4.28. The van der Waals surface area contributed by atoms with E-state index in [1.165, 1.54) is 57.8 Å². The van der Waals surface area contributed by atoms with Crippen molar-refractivity contribution in [1.29, 1.82) is 0 Å². The smallest absolute Gasteiger partial charge is 0.296 e. The Balaban J connectivity index is 0.000000861. The van der Waals surface area contributed by atoms with Crippen molar-refractivity contribution < 1.29 is 27.9 Å². The molecule has 33 heavy (non-hydrogen) atoms. The molecule has 0 saturated carbocycles. The summed E-state index contributed by atoms with van der Waals surface area (Å²) in [5.74, 6) is 0. The molecular formula is C25H47NO6S. The molecule has 0 fully saturated rings. The van der Waals surface area contributed by atoms with Crippen LogP contribution in [0.1, 0.15) is 77.6 Å². The van der Waals surface area contributed by atoms with Crippen molar-refractivity contribution in [2.75, 3.05) is 46.1 Å². The lowest BCUT2D eigenvalue weighted by molar-refractivity contribution is 0.136. The van der Waals surface area contributed by atoms with Crippen LogP contribution >= 0.6 is 0 Å². The lowest BCUT2D eigenvalue weighted by Gasteiger charge is -2.17. The van der Waals surface area contributed by atoms with Gasteiger partial charge in [-0.1, -0.05) is 89.3 Å². The predicted octanol–water partition coefficient (Wildman–Crippen LogP) is 3.97. The zero-order valence-electron chi connectivity index (χ0n) is 20.5. The summed E-state index contributed by atoms with van der Waals surface area (Å²) in [6.07, 6.45) is 13.7. The van der Waals surface area contributed by atoms with Crippen molar-refractivity contribution in [1.82, 2.24) is 4.90 Å². The molecule has 0 spiro atoms. The fourth-order valence-corrected chi connectivity index (χ4v) is 4.31. The second-order valence-corrected chi connectivity index (χ2v) is 9.75. The molecular weight excluding hydrogens is 442 g/mol. The molecule has 0 amide bonds. The molecule has 8 heteroatoms. The maximum absolute atomic E-state index is 11.9. The normalized spacial score (nSPS) is 11.4. The van der Waals surface area contributed by atoms with Crippen LogP contribution in [-0.2, 0) is 14.3 Å². The van der Waals surface area contributed by atoms with E-state index < -0.39 is 10.1 Å². The van der Waals surface area contributed by atoms with Gasteiger partial charge in [-0.3, -0.25) is 9.08 Å². The number of unbranched alkanes of at least 4 members (excludes halogenated alkanes) is 10. The zero-order chi connectivity index (χ0) is 24.6. The molecule has 7 nitrogen and oxygen atoms in total. The third-order valence-electron chi connectivity index (χ3n) is 5.27. The van der Waals surface area contributed by atoms with E-state index in [-0.39, 0.29) is 31.3 Å². The van der Waals surface area contributed by atoms with Crippen LogP contribution in [0.3, 0.4) is 0 Å². The van der Waals surface area contributed by atoms with E-state index in [2.05, 4.69) is 6.92 Å². The Bertz CT molecular complexity index is 613. The van der Waals surface area contributed by atoms with E-state index in [9.17, 15) is 8.42 Å². The second kappa shape index (κ2) is 22.7. The molecule has 3 N–H and O–H groups in total. The molecule has 194 valence electrons. The van der Waals surface area contributed by atoms with E-state index >= 15 is 0 Å². The van der Waals surface area contributed by atoms with E-state index in [1.54, 1.807) is 35.2 Å². The fourth-order valence-electron chi connectivity index (χ4n) is 3.35. The minimum atomic E-state index is -3.57. The van der Waals surface area contributed by atoms with Crippen molar-refractivity contribution in [2.24, 2.45) is 0 Å². The van der Waals surface area contributed by atoms with E-state index in [4.69, 9.17) is 19.5 Å². The molecule has 0 saturated heterocycles. The first-order valence-electron chi connectivity index (χ1n) is 12.5. The molecule has 0 heterocycles. The van der Waals surface area contributed by atoms with Gasteiger partial charge in [0.05, 0.1) is 31.3 Å². The summed E-state index contributed by atoms with van der Waals surface area (Å²) in [5, 5.41) is 25.5. The average Bonchev–Trinajstić information content (AvgIpc) is 2.81. The van der Waals surface area contributed by atoms with Crippen LogP contribution in [0.4, 0.5) is 0 Å².